The average Bonchev–Trinajstić information content (AvgIpc) is 2.17. The van der Waals surface area contributed by atoms with Gasteiger partial charge < -0.3 is 5.32 Å². The van der Waals surface area contributed by atoms with E-state index < -0.39 is 5.95 Å². The maximum atomic E-state index is 12.8. The van der Waals surface area contributed by atoms with E-state index in [0.717, 1.165) is 12.3 Å². The van der Waals surface area contributed by atoms with Gasteiger partial charge in [0, 0.05) is 6.04 Å². The van der Waals surface area contributed by atoms with Crippen molar-refractivity contribution in [2.45, 2.75) is 38.6 Å². The molecule has 1 aromatic rings. The normalized spacial score (nSPS) is 26.3. The van der Waals surface area contributed by atoms with E-state index in [4.69, 9.17) is 0 Å². The molecule has 1 heterocycles. The highest BCUT2D eigenvalue weighted by molar-refractivity contribution is 5.34. The van der Waals surface area contributed by atoms with Crippen molar-refractivity contribution in [2.24, 2.45) is 5.92 Å². The minimum absolute atomic E-state index is 0.413. The average molecular weight is 208 g/mol. The van der Waals surface area contributed by atoms with Gasteiger partial charge in [0.2, 0.25) is 5.95 Å². The molecule has 0 aromatic carbocycles. The summed E-state index contributed by atoms with van der Waals surface area (Å²) in [6.45, 7) is 2.27. The van der Waals surface area contributed by atoms with Gasteiger partial charge in [-0.15, -0.1) is 0 Å². The monoisotopic (exact) mass is 208 g/mol. The molecule has 0 aliphatic heterocycles. The molecule has 2 atom stereocenters. The van der Waals surface area contributed by atoms with Crippen molar-refractivity contribution in [3.63, 3.8) is 0 Å². The predicted octanol–water partition coefficient (Wildman–Crippen LogP) is 3.21. The maximum Gasteiger partial charge on any atom is 0.214 e. The predicted molar refractivity (Wildman–Crippen MR) is 59.2 cm³/mol. The lowest BCUT2D eigenvalue weighted by molar-refractivity contribution is 0.358. The number of hydrogen-bond donors (Lipinski definition) is 1. The molecule has 0 spiro atoms. The zero-order valence-corrected chi connectivity index (χ0v) is 9.04. The van der Waals surface area contributed by atoms with Crippen molar-refractivity contribution in [2.75, 3.05) is 5.32 Å². The fourth-order valence-electron chi connectivity index (χ4n) is 2.26. The summed E-state index contributed by atoms with van der Waals surface area (Å²) in [4.78, 5) is 3.81. The van der Waals surface area contributed by atoms with Gasteiger partial charge in [0.05, 0.1) is 0 Å². The van der Waals surface area contributed by atoms with Crippen molar-refractivity contribution in [3.8, 4) is 0 Å². The number of halogens is 1. The first-order valence-electron chi connectivity index (χ1n) is 5.63. The van der Waals surface area contributed by atoms with Crippen LogP contribution < -0.4 is 5.32 Å². The van der Waals surface area contributed by atoms with Gasteiger partial charge in [-0.1, -0.05) is 25.8 Å². The Bertz CT molecular complexity index is 327. The third kappa shape index (κ3) is 2.91. The summed E-state index contributed by atoms with van der Waals surface area (Å²) in [5.41, 5.74) is 0. The Morgan fingerprint density at radius 2 is 2.27 bits per heavy atom. The summed E-state index contributed by atoms with van der Waals surface area (Å²) in [5.74, 6) is 1.02. The van der Waals surface area contributed by atoms with Gasteiger partial charge in [0.15, 0.2) is 0 Å². The van der Waals surface area contributed by atoms with Crippen molar-refractivity contribution in [3.05, 3.63) is 24.1 Å². The first-order chi connectivity index (χ1) is 7.24. The Kier molecular flexibility index (Phi) is 3.19. The quantitative estimate of drug-likeness (QED) is 0.755. The summed E-state index contributed by atoms with van der Waals surface area (Å²) in [6, 6.07) is 5.34. The van der Waals surface area contributed by atoms with Crippen LogP contribution in [0, 0.1) is 11.9 Å². The van der Waals surface area contributed by atoms with Gasteiger partial charge in [-0.05, 0) is 30.9 Å². The Morgan fingerprint density at radius 3 is 3.00 bits per heavy atom. The summed E-state index contributed by atoms with van der Waals surface area (Å²) < 4.78 is 12.8. The standard InChI is InChI=1S/C12H17FN2/c1-9-4-2-5-10(8-9)14-12-7-3-6-11(13)15-12/h3,6-7,9-10H,2,4-5,8H2,1H3,(H,14,15). The van der Waals surface area contributed by atoms with Crippen LogP contribution in [0.3, 0.4) is 0 Å². The third-order valence-corrected chi connectivity index (χ3v) is 3.00. The molecule has 1 N–H and O–H groups in total. The van der Waals surface area contributed by atoms with E-state index in [0.29, 0.717) is 11.9 Å². The lowest BCUT2D eigenvalue weighted by Crippen LogP contribution is -2.26. The fraction of sp³-hybridized carbons (Fsp3) is 0.583. The number of aromatic nitrogens is 1. The molecule has 82 valence electrons. The van der Waals surface area contributed by atoms with Crippen LogP contribution >= 0.6 is 0 Å². The highest BCUT2D eigenvalue weighted by atomic mass is 19.1. The second-order valence-corrected chi connectivity index (χ2v) is 4.46. The van der Waals surface area contributed by atoms with E-state index in [-0.39, 0.29) is 0 Å². The molecule has 2 unspecified atom stereocenters. The van der Waals surface area contributed by atoms with Crippen LogP contribution in [0.15, 0.2) is 18.2 Å². The fourth-order valence-corrected chi connectivity index (χ4v) is 2.26. The zero-order chi connectivity index (χ0) is 10.7. The Morgan fingerprint density at radius 1 is 1.40 bits per heavy atom. The Labute approximate surface area is 89.9 Å². The van der Waals surface area contributed by atoms with E-state index in [1.165, 1.54) is 25.3 Å². The number of pyridine rings is 1. The van der Waals surface area contributed by atoms with Crippen molar-refractivity contribution in [1.29, 1.82) is 0 Å². The summed E-state index contributed by atoms with van der Waals surface area (Å²) in [5, 5.41) is 3.30. The molecule has 1 aliphatic carbocycles. The van der Waals surface area contributed by atoms with E-state index in [1.54, 1.807) is 6.07 Å². The van der Waals surface area contributed by atoms with Crippen LogP contribution in [0.1, 0.15) is 32.6 Å². The minimum atomic E-state index is -0.413. The van der Waals surface area contributed by atoms with Gasteiger partial charge in [0.1, 0.15) is 5.82 Å². The second kappa shape index (κ2) is 4.60. The van der Waals surface area contributed by atoms with Gasteiger partial charge in [0.25, 0.3) is 0 Å². The van der Waals surface area contributed by atoms with Crippen molar-refractivity contribution >= 4 is 5.82 Å². The molecule has 2 nitrogen and oxygen atoms in total. The molecule has 0 radical (unpaired) electrons. The van der Waals surface area contributed by atoms with Crippen LogP contribution in [0.5, 0.6) is 0 Å². The molecule has 15 heavy (non-hydrogen) atoms. The SMILES string of the molecule is CC1CCCC(Nc2cccc(F)n2)C1. The topological polar surface area (TPSA) is 24.9 Å². The Balaban J connectivity index is 1.96. The lowest BCUT2D eigenvalue weighted by Gasteiger charge is -2.27. The first-order valence-corrected chi connectivity index (χ1v) is 5.63. The molecule has 1 fully saturated rings. The maximum absolute atomic E-state index is 12.8. The molecule has 0 bridgehead atoms. The Hall–Kier alpha value is -1.12. The van der Waals surface area contributed by atoms with Gasteiger partial charge in [-0.2, -0.15) is 4.39 Å². The van der Waals surface area contributed by atoms with Crippen LogP contribution in [0.2, 0.25) is 0 Å². The van der Waals surface area contributed by atoms with E-state index in [2.05, 4.69) is 17.2 Å². The van der Waals surface area contributed by atoms with Crippen LogP contribution in [0.4, 0.5) is 10.2 Å². The lowest BCUT2D eigenvalue weighted by atomic mass is 9.87. The molecule has 2 rings (SSSR count). The van der Waals surface area contributed by atoms with Gasteiger partial charge in [-0.3, -0.25) is 0 Å². The number of hydrogen-bond acceptors (Lipinski definition) is 2. The van der Waals surface area contributed by atoms with Crippen molar-refractivity contribution in [1.82, 2.24) is 4.98 Å². The van der Waals surface area contributed by atoms with Crippen molar-refractivity contribution < 1.29 is 4.39 Å². The highest BCUT2D eigenvalue weighted by Crippen LogP contribution is 2.25. The molecular formula is C12H17FN2. The molecule has 1 aromatic heterocycles. The smallest absolute Gasteiger partial charge is 0.214 e. The number of anilines is 1. The molecule has 1 saturated carbocycles. The summed E-state index contributed by atoms with van der Waals surface area (Å²) in [7, 11) is 0. The molecule has 3 heteroatoms. The molecular weight excluding hydrogens is 191 g/mol. The van der Waals surface area contributed by atoms with E-state index in [1.807, 2.05) is 6.07 Å². The molecule has 0 amide bonds. The highest BCUT2D eigenvalue weighted by Gasteiger charge is 2.18. The van der Waals surface area contributed by atoms with E-state index >= 15 is 0 Å². The first kappa shape index (κ1) is 10.4. The van der Waals surface area contributed by atoms with Gasteiger partial charge >= 0.3 is 0 Å². The number of rotatable bonds is 2. The minimum Gasteiger partial charge on any atom is -0.367 e. The van der Waals surface area contributed by atoms with Gasteiger partial charge in [-0.25, -0.2) is 4.98 Å². The number of nitrogens with zero attached hydrogens (tertiary/aromatic N) is 1. The molecule has 1 aliphatic rings. The summed E-state index contributed by atoms with van der Waals surface area (Å²) in [6.07, 6.45) is 4.91. The van der Waals surface area contributed by atoms with Crippen LogP contribution in [-0.2, 0) is 0 Å². The second-order valence-electron chi connectivity index (χ2n) is 4.46. The van der Waals surface area contributed by atoms with Crippen LogP contribution in [-0.4, -0.2) is 11.0 Å². The zero-order valence-electron chi connectivity index (χ0n) is 9.04. The summed E-state index contributed by atoms with van der Waals surface area (Å²) >= 11 is 0. The largest absolute Gasteiger partial charge is 0.367 e. The van der Waals surface area contributed by atoms with E-state index in [9.17, 15) is 4.39 Å². The molecule has 0 saturated heterocycles. The third-order valence-electron chi connectivity index (χ3n) is 3.00. The number of nitrogens with one attached hydrogen (secondary N) is 1. The van der Waals surface area contributed by atoms with Crippen LogP contribution in [0.25, 0.3) is 0 Å².